The van der Waals surface area contributed by atoms with Gasteiger partial charge in [0, 0.05) is 25.3 Å². The molecule has 2 rings (SSSR count). The molecule has 0 radical (unpaired) electrons. The Hall–Kier alpha value is -1.08. The summed E-state index contributed by atoms with van der Waals surface area (Å²) < 4.78 is 11.1. The first kappa shape index (κ1) is 16.3. The molecule has 1 unspecified atom stereocenters. The second kappa shape index (κ2) is 7.80. The highest BCUT2D eigenvalue weighted by atomic mass is 16.5. The summed E-state index contributed by atoms with van der Waals surface area (Å²) in [5, 5.41) is 18.6. The van der Waals surface area contributed by atoms with Crippen molar-refractivity contribution >= 4 is 12.6 Å². The van der Waals surface area contributed by atoms with Crippen molar-refractivity contribution in [2.45, 2.75) is 32.4 Å². The van der Waals surface area contributed by atoms with Crippen molar-refractivity contribution in [3.8, 4) is 5.75 Å². The molecule has 5 nitrogen and oxygen atoms in total. The van der Waals surface area contributed by atoms with E-state index < -0.39 is 7.12 Å². The van der Waals surface area contributed by atoms with Gasteiger partial charge in [-0.05, 0) is 37.8 Å². The maximum Gasteiger partial charge on any atom is 0.488 e. The minimum absolute atomic E-state index is 0.293. The Labute approximate surface area is 126 Å². The van der Waals surface area contributed by atoms with Gasteiger partial charge in [0.25, 0.3) is 0 Å². The summed E-state index contributed by atoms with van der Waals surface area (Å²) in [7, 11) is 0.180. The van der Waals surface area contributed by atoms with Gasteiger partial charge in [0.1, 0.15) is 5.75 Å². The minimum Gasteiger partial charge on any atom is -0.496 e. The monoisotopic (exact) mass is 293 g/mol. The van der Waals surface area contributed by atoms with Crippen LogP contribution >= 0.6 is 0 Å². The largest absolute Gasteiger partial charge is 0.496 e. The summed E-state index contributed by atoms with van der Waals surface area (Å²) in [6, 6.07) is 5.26. The molecule has 1 aliphatic rings. The topological polar surface area (TPSA) is 62.2 Å². The molecule has 1 fully saturated rings. The van der Waals surface area contributed by atoms with Gasteiger partial charge in [-0.3, -0.25) is 4.90 Å². The van der Waals surface area contributed by atoms with E-state index in [1.807, 2.05) is 6.92 Å². The number of likely N-dealkylation sites (tertiary alicyclic amines) is 1. The zero-order chi connectivity index (χ0) is 15.2. The van der Waals surface area contributed by atoms with Crippen LogP contribution < -0.4 is 10.2 Å². The van der Waals surface area contributed by atoms with E-state index in [1.165, 1.54) is 0 Å². The zero-order valence-electron chi connectivity index (χ0n) is 12.8. The lowest BCUT2D eigenvalue weighted by molar-refractivity contribution is 0.00347. The molecular weight excluding hydrogens is 269 g/mol. The van der Waals surface area contributed by atoms with Crippen molar-refractivity contribution in [2.75, 3.05) is 26.8 Å². The number of hydrogen-bond donors (Lipinski definition) is 2. The van der Waals surface area contributed by atoms with Crippen molar-refractivity contribution in [2.24, 2.45) is 0 Å². The molecule has 0 spiro atoms. The molecule has 116 valence electrons. The standard InChI is InChI=1S/C15H24BNO4/c1-3-21-14-5-4-8-17(11-14)10-12-9-13(16(18)19)6-7-15(12)20-2/h6-7,9,14,18-19H,3-5,8,10-11H2,1-2H3. The quantitative estimate of drug-likeness (QED) is 0.742. The molecule has 1 aromatic carbocycles. The fraction of sp³-hybridized carbons (Fsp3) is 0.600. The number of hydrogen-bond acceptors (Lipinski definition) is 5. The highest BCUT2D eigenvalue weighted by Crippen LogP contribution is 2.21. The highest BCUT2D eigenvalue weighted by molar-refractivity contribution is 6.58. The number of methoxy groups -OCH3 is 1. The highest BCUT2D eigenvalue weighted by Gasteiger charge is 2.22. The summed E-state index contributed by atoms with van der Waals surface area (Å²) in [6.45, 7) is 5.43. The average Bonchev–Trinajstić information content (AvgIpc) is 2.48. The fourth-order valence-electron chi connectivity index (χ4n) is 2.85. The summed E-state index contributed by atoms with van der Waals surface area (Å²) in [4.78, 5) is 2.33. The third-order valence-electron chi connectivity index (χ3n) is 3.86. The second-order valence-electron chi connectivity index (χ2n) is 5.40. The van der Waals surface area contributed by atoms with Crippen LogP contribution in [-0.2, 0) is 11.3 Å². The van der Waals surface area contributed by atoms with E-state index in [0.717, 1.165) is 50.4 Å². The van der Waals surface area contributed by atoms with Crippen molar-refractivity contribution in [3.05, 3.63) is 23.8 Å². The predicted molar refractivity (Wildman–Crippen MR) is 82.7 cm³/mol. The average molecular weight is 293 g/mol. The molecule has 0 aliphatic carbocycles. The molecule has 0 amide bonds. The number of piperidine rings is 1. The van der Waals surface area contributed by atoms with E-state index in [4.69, 9.17) is 9.47 Å². The lowest BCUT2D eigenvalue weighted by Gasteiger charge is -2.32. The molecular formula is C15H24BNO4. The second-order valence-corrected chi connectivity index (χ2v) is 5.40. The molecule has 1 atom stereocenters. The Balaban J connectivity index is 2.08. The maximum absolute atomic E-state index is 9.31. The van der Waals surface area contributed by atoms with Crippen LogP contribution in [0.4, 0.5) is 0 Å². The molecule has 21 heavy (non-hydrogen) atoms. The van der Waals surface area contributed by atoms with Crippen molar-refractivity contribution < 1.29 is 19.5 Å². The summed E-state index contributed by atoms with van der Waals surface area (Å²) in [6.07, 6.45) is 2.52. The van der Waals surface area contributed by atoms with E-state index in [9.17, 15) is 10.0 Å². The first-order chi connectivity index (χ1) is 10.1. The fourth-order valence-corrected chi connectivity index (χ4v) is 2.85. The molecule has 0 bridgehead atoms. The third kappa shape index (κ3) is 4.44. The predicted octanol–water partition coefficient (Wildman–Crippen LogP) is 0.376. The van der Waals surface area contributed by atoms with Crippen LogP contribution in [-0.4, -0.2) is 55.0 Å². The molecule has 6 heteroatoms. The van der Waals surface area contributed by atoms with Gasteiger partial charge >= 0.3 is 7.12 Å². The van der Waals surface area contributed by atoms with E-state index in [1.54, 1.807) is 25.3 Å². The van der Waals surface area contributed by atoms with Gasteiger partial charge in [0.05, 0.1) is 13.2 Å². The lowest BCUT2D eigenvalue weighted by atomic mass is 9.79. The van der Waals surface area contributed by atoms with Crippen LogP contribution in [0.25, 0.3) is 0 Å². The lowest BCUT2D eigenvalue weighted by Crippen LogP contribution is -2.39. The Morgan fingerprint density at radius 3 is 2.86 bits per heavy atom. The van der Waals surface area contributed by atoms with Gasteiger partial charge in [-0.1, -0.05) is 12.1 Å². The van der Waals surface area contributed by atoms with Gasteiger partial charge in [0.15, 0.2) is 0 Å². The van der Waals surface area contributed by atoms with Gasteiger partial charge < -0.3 is 19.5 Å². The number of ether oxygens (including phenoxy) is 2. The van der Waals surface area contributed by atoms with Crippen LogP contribution in [0, 0.1) is 0 Å². The first-order valence-electron chi connectivity index (χ1n) is 7.51. The molecule has 1 saturated heterocycles. The van der Waals surface area contributed by atoms with Gasteiger partial charge in [-0.2, -0.15) is 0 Å². The maximum atomic E-state index is 9.31. The van der Waals surface area contributed by atoms with Crippen LogP contribution in [0.3, 0.4) is 0 Å². The number of nitrogens with zero attached hydrogens (tertiary/aromatic N) is 1. The van der Waals surface area contributed by atoms with Crippen LogP contribution in [0.1, 0.15) is 25.3 Å². The molecule has 1 aliphatic heterocycles. The van der Waals surface area contributed by atoms with Crippen LogP contribution in [0.5, 0.6) is 5.75 Å². The summed E-state index contributed by atoms with van der Waals surface area (Å²) in [5.74, 6) is 0.776. The van der Waals surface area contributed by atoms with E-state index in [0.29, 0.717) is 11.6 Å². The van der Waals surface area contributed by atoms with Crippen LogP contribution in [0.15, 0.2) is 18.2 Å². The SMILES string of the molecule is CCOC1CCCN(Cc2cc(B(O)O)ccc2OC)C1. The number of rotatable bonds is 6. The van der Waals surface area contributed by atoms with Gasteiger partial charge in [-0.15, -0.1) is 0 Å². The Morgan fingerprint density at radius 1 is 1.38 bits per heavy atom. The summed E-state index contributed by atoms with van der Waals surface area (Å²) in [5.41, 5.74) is 1.46. The third-order valence-corrected chi connectivity index (χ3v) is 3.86. The first-order valence-corrected chi connectivity index (χ1v) is 7.51. The van der Waals surface area contributed by atoms with Crippen molar-refractivity contribution in [3.63, 3.8) is 0 Å². The Bertz CT molecular complexity index is 453. The molecule has 1 aromatic rings. The van der Waals surface area contributed by atoms with E-state index in [-0.39, 0.29) is 0 Å². The Kier molecular flexibility index (Phi) is 6.05. The molecule has 2 N–H and O–H groups in total. The van der Waals surface area contributed by atoms with E-state index in [2.05, 4.69) is 4.90 Å². The van der Waals surface area contributed by atoms with Crippen molar-refractivity contribution in [1.82, 2.24) is 4.90 Å². The minimum atomic E-state index is -1.45. The molecule has 0 aromatic heterocycles. The summed E-state index contributed by atoms with van der Waals surface area (Å²) >= 11 is 0. The molecule has 0 saturated carbocycles. The van der Waals surface area contributed by atoms with Crippen molar-refractivity contribution in [1.29, 1.82) is 0 Å². The van der Waals surface area contributed by atoms with Gasteiger partial charge in [0.2, 0.25) is 0 Å². The van der Waals surface area contributed by atoms with Crippen LogP contribution in [0.2, 0.25) is 0 Å². The zero-order valence-corrected chi connectivity index (χ0v) is 12.8. The normalized spacial score (nSPS) is 19.5. The number of benzene rings is 1. The molecule has 1 heterocycles. The van der Waals surface area contributed by atoms with E-state index >= 15 is 0 Å². The smallest absolute Gasteiger partial charge is 0.488 e. The Morgan fingerprint density at radius 2 is 2.19 bits per heavy atom. The van der Waals surface area contributed by atoms with Gasteiger partial charge in [-0.25, -0.2) is 0 Å².